The summed E-state index contributed by atoms with van der Waals surface area (Å²) in [4.78, 5) is 15.5. The number of benzene rings is 2. The molecule has 2 aliphatic carbocycles. The van der Waals surface area contributed by atoms with Gasteiger partial charge in [0.25, 0.3) is 0 Å². The van der Waals surface area contributed by atoms with Crippen molar-refractivity contribution in [2.45, 2.75) is 113 Å². The Morgan fingerprint density at radius 2 is 0.950 bits per heavy atom. The second kappa shape index (κ2) is 12.9. The normalized spacial score (nSPS) is 27.9. The predicted molar refractivity (Wildman–Crippen MR) is 173 cm³/mol. The number of hydrogen-bond donors (Lipinski definition) is 0. The van der Waals surface area contributed by atoms with E-state index in [4.69, 9.17) is 46.4 Å². The quantitative estimate of drug-likeness (QED) is 0.241. The number of carbonyl (C=O) groups excluding carboxylic acids is 1. The summed E-state index contributed by atoms with van der Waals surface area (Å²) in [7, 11) is 0. The molecular formula is C35H46Cl4O. The van der Waals surface area contributed by atoms with E-state index in [0.29, 0.717) is 37.5 Å². The van der Waals surface area contributed by atoms with Gasteiger partial charge < -0.3 is 0 Å². The molecule has 0 saturated heterocycles. The molecule has 5 heteroatoms. The molecule has 2 aliphatic rings. The number of halogens is 4. The molecule has 4 rings (SSSR count). The second-order valence-corrected chi connectivity index (χ2v) is 15.6. The summed E-state index contributed by atoms with van der Waals surface area (Å²) in [6.45, 7) is 8.85. The van der Waals surface area contributed by atoms with E-state index in [-0.39, 0.29) is 5.78 Å². The van der Waals surface area contributed by atoms with E-state index < -0.39 is 19.5 Å². The first-order chi connectivity index (χ1) is 18.9. The summed E-state index contributed by atoms with van der Waals surface area (Å²) < 4.78 is -2.78. The smallest absolute Gasteiger partial charge is 0.155 e. The maximum absolute atomic E-state index is 15.5. The highest BCUT2D eigenvalue weighted by atomic mass is 35.5. The fourth-order valence-corrected chi connectivity index (χ4v) is 8.83. The van der Waals surface area contributed by atoms with Crippen molar-refractivity contribution in [3.05, 3.63) is 70.8 Å². The third-order valence-electron chi connectivity index (χ3n) is 10.0. The van der Waals surface area contributed by atoms with Crippen LogP contribution in [-0.2, 0) is 26.3 Å². The summed E-state index contributed by atoms with van der Waals surface area (Å²) in [5.74, 6) is 1.09. The molecule has 0 unspecified atom stereocenters. The van der Waals surface area contributed by atoms with Gasteiger partial charge in [-0.3, -0.25) is 4.79 Å². The van der Waals surface area contributed by atoms with Crippen LogP contribution in [0.15, 0.2) is 48.5 Å². The SMILES string of the molecule is CCCc1ccc(C(Cl)(Cl)C2(C(=O)C3(C(Cl)(Cl)c4ccc(CCC)cc4)CCC(C)CC3)CCC(C)CC2)cc1. The highest BCUT2D eigenvalue weighted by Gasteiger charge is 2.66. The Bertz CT molecular complexity index is 1030. The number of alkyl halides is 4. The number of hydrogen-bond acceptors (Lipinski definition) is 1. The number of ketones is 1. The third kappa shape index (κ3) is 5.89. The second-order valence-electron chi connectivity index (χ2n) is 12.9. The number of aryl methyl sites for hydroxylation is 2. The van der Waals surface area contributed by atoms with E-state index in [1.54, 1.807) is 0 Å². The molecule has 0 aliphatic heterocycles. The maximum atomic E-state index is 15.5. The molecule has 220 valence electrons. The van der Waals surface area contributed by atoms with Crippen LogP contribution < -0.4 is 0 Å². The topological polar surface area (TPSA) is 17.1 Å². The average Bonchev–Trinajstić information content (AvgIpc) is 2.94. The van der Waals surface area contributed by atoms with Crippen LogP contribution in [0.2, 0.25) is 0 Å². The fraction of sp³-hybridized carbons (Fsp3) is 0.629. The van der Waals surface area contributed by atoms with Gasteiger partial charge in [-0.1, -0.05) is 135 Å². The van der Waals surface area contributed by atoms with Crippen LogP contribution in [0.4, 0.5) is 0 Å². The van der Waals surface area contributed by atoms with E-state index in [1.807, 2.05) is 24.3 Å². The maximum Gasteiger partial charge on any atom is 0.155 e. The summed E-state index contributed by atoms with van der Waals surface area (Å²) in [5, 5.41) is 0. The highest BCUT2D eigenvalue weighted by Crippen LogP contribution is 2.66. The summed E-state index contributed by atoms with van der Waals surface area (Å²) in [6, 6.07) is 16.5. The first-order valence-corrected chi connectivity index (χ1v) is 16.9. The van der Waals surface area contributed by atoms with Crippen molar-refractivity contribution >= 4 is 52.2 Å². The lowest BCUT2D eigenvalue weighted by Crippen LogP contribution is -2.58. The van der Waals surface area contributed by atoms with Crippen LogP contribution in [-0.4, -0.2) is 5.78 Å². The van der Waals surface area contributed by atoms with Gasteiger partial charge in [-0.25, -0.2) is 0 Å². The lowest BCUT2D eigenvalue weighted by molar-refractivity contribution is -0.147. The molecule has 2 fully saturated rings. The van der Waals surface area contributed by atoms with Crippen LogP contribution >= 0.6 is 46.4 Å². The molecule has 0 N–H and O–H groups in total. The molecule has 0 amide bonds. The lowest BCUT2D eigenvalue weighted by Gasteiger charge is -2.55. The van der Waals surface area contributed by atoms with Crippen molar-refractivity contribution in [1.29, 1.82) is 0 Å². The van der Waals surface area contributed by atoms with Crippen LogP contribution in [0.3, 0.4) is 0 Å². The van der Waals surface area contributed by atoms with E-state index in [9.17, 15) is 0 Å². The van der Waals surface area contributed by atoms with Gasteiger partial charge in [0.05, 0.1) is 10.8 Å². The highest BCUT2D eigenvalue weighted by molar-refractivity contribution is 6.51. The van der Waals surface area contributed by atoms with Crippen LogP contribution in [0.5, 0.6) is 0 Å². The van der Waals surface area contributed by atoms with Crippen LogP contribution in [0.1, 0.15) is 114 Å². The zero-order chi connectivity index (χ0) is 29.2. The molecule has 1 nitrogen and oxygen atoms in total. The van der Waals surface area contributed by atoms with Gasteiger partial charge in [-0.15, -0.1) is 0 Å². The number of Topliss-reactive ketones (excluding diaryl/α,β-unsaturated/α-hetero) is 1. The zero-order valence-corrected chi connectivity index (χ0v) is 27.7. The molecule has 0 aromatic heterocycles. The van der Waals surface area contributed by atoms with Gasteiger partial charge in [-0.05, 0) is 98.3 Å². The van der Waals surface area contributed by atoms with Gasteiger partial charge in [-0.2, -0.15) is 0 Å². The molecule has 2 aromatic rings. The van der Waals surface area contributed by atoms with Crippen molar-refractivity contribution in [2.75, 3.05) is 0 Å². The minimum atomic E-state index is -1.39. The number of carbonyl (C=O) groups is 1. The van der Waals surface area contributed by atoms with Crippen molar-refractivity contribution in [3.63, 3.8) is 0 Å². The fourth-order valence-electron chi connectivity index (χ4n) is 7.23. The minimum Gasteiger partial charge on any atom is -0.298 e. The molecule has 0 atom stereocenters. The summed E-state index contributed by atoms with van der Waals surface area (Å²) >= 11 is 30.0. The Morgan fingerprint density at radius 1 is 0.650 bits per heavy atom. The van der Waals surface area contributed by atoms with E-state index in [1.165, 1.54) is 11.1 Å². The molecule has 0 bridgehead atoms. The van der Waals surface area contributed by atoms with Gasteiger partial charge in [0.15, 0.2) is 14.4 Å². The zero-order valence-electron chi connectivity index (χ0n) is 24.7. The van der Waals surface area contributed by atoms with Gasteiger partial charge in [0, 0.05) is 0 Å². The Morgan fingerprint density at radius 3 is 1.23 bits per heavy atom. The van der Waals surface area contributed by atoms with Crippen molar-refractivity contribution in [2.24, 2.45) is 22.7 Å². The third-order valence-corrected chi connectivity index (χ3v) is 12.4. The van der Waals surface area contributed by atoms with Crippen molar-refractivity contribution in [3.8, 4) is 0 Å². The first kappa shape index (κ1) is 32.2. The molecular weight excluding hydrogens is 578 g/mol. The largest absolute Gasteiger partial charge is 0.298 e. The Labute approximate surface area is 262 Å². The molecule has 40 heavy (non-hydrogen) atoms. The lowest BCUT2D eigenvalue weighted by atomic mass is 9.54. The Balaban J connectivity index is 1.83. The number of rotatable bonds is 10. The Kier molecular flexibility index (Phi) is 10.4. The summed E-state index contributed by atoms with van der Waals surface area (Å²) in [6.07, 6.45) is 10.3. The minimum absolute atomic E-state index is 0.0593. The van der Waals surface area contributed by atoms with Crippen LogP contribution in [0, 0.1) is 22.7 Å². The summed E-state index contributed by atoms with van der Waals surface area (Å²) in [5.41, 5.74) is 2.11. The van der Waals surface area contributed by atoms with Gasteiger partial charge in [0.1, 0.15) is 0 Å². The molecule has 0 radical (unpaired) electrons. The standard InChI is InChI=1S/C35H46Cl4O/c1-5-7-27-9-13-29(14-10-27)34(36,37)32(21-17-25(3)18-22-32)31(40)33(23-19-26(4)20-24-33)35(38,39)30-15-11-28(8-6-2)12-16-30/h9-16,25-26H,5-8,17-24H2,1-4H3. The molecule has 2 aromatic carbocycles. The van der Waals surface area contributed by atoms with Crippen molar-refractivity contribution in [1.82, 2.24) is 0 Å². The average molecular weight is 625 g/mol. The van der Waals surface area contributed by atoms with Gasteiger partial charge in [0.2, 0.25) is 0 Å². The van der Waals surface area contributed by atoms with Crippen LogP contribution in [0.25, 0.3) is 0 Å². The van der Waals surface area contributed by atoms with Crippen molar-refractivity contribution < 1.29 is 4.79 Å². The molecule has 0 heterocycles. The van der Waals surface area contributed by atoms with E-state index in [0.717, 1.165) is 62.5 Å². The first-order valence-electron chi connectivity index (χ1n) is 15.4. The van der Waals surface area contributed by atoms with Gasteiger partial charge >= 0.3 is 0 Å². The Hall–Kier alpha value is -0.730. The van der Waals surface area contributed by atoms with E-state index in [2.05, 4.69) is 52.0 Å². The molecule has 0 spiro atoms. The van der Waals surface area contributed by atoms with E-state index >= 15 is 4.79 Å². The molecule has 2 saturated carbocycles. The predicted octanol–water partition coefficient (Wildman–Crippen LogP) is 11.5. The monoisotopic (exact) mass is 622 g/mol.